The molecular weight excluding hydrogens is 272 g/mol. The first kappa shape index (κ1) is 12.8. The number of carbonyl (C=O) groups is 1. The number of H-pyrrole nitrogens is 1. The number of nitrogens with zero attached hydrogens (tertiary/aromatic N) is 3. The van der Waals surface area contributed by atoms with Gasteiger partial charge in [0.25, 0.3) is 5.91 Å². The van der Waals surface area contributed by atoms with Gasteiger partial charge in [0.1, 0.15) is 0 Å². The summed E-state index contributed by atoms with van der Waals surface area (Å²) in [5, 5.41) is 10.8. The Morgan fingerprint density at radius 2 is 2.30 bits per heavy atom. The quantitative estimate of drug-likeness (QED) is 0.805. The highest BCUT2D eigenvalue weighted by Gasteiger charge is 2.14. The summed E-state index contributed by atoms with van der Waals surface area (Å²) in [6.07, 6.45) is 1.74. The van der Waals surface area contributed by atoms with E-state index in [9.17, 15) is 4.79 Å². The van der Waals surface area contributed by atoms with E-state index in [0.717, 1.165) is 21.6 Å². The lowest BCUT2D eigenvalue weighted by Gasteiger charge is -2.15. The molecule has 1 N–H and O–H groups in total. The topological polar surface area (TPSA) is 61.9 Å². The van der Waals surface area contributed by atoms with E-state index in [1.54, 1.807) is 29.5 Å². The maximum atomic E-state index is 12.4. The molecule has 3 rings (SSSR count). The number of aryl methyl sites for hydroxylation is 1. The van der Waals surface area contributed by atoms with Crippen molar-refractivity contribution in [2.45, 2.75) is 13.5 Å². The van der Waals surface area contributed by atoms with Gasteiger partial charge in [0.05, 0.1) is 29.0 Å². The van der Waals surface area contributed by atoms with Crippen LogP contribution < -0.4 is 0 Å². The van der Waals surface area contributed by atoms with Crippen LogP contribution in [0.4, 0.5) is 0 Å². The Kier molecular flexibility index (Phi) is 3.23. The van der Waals surface area contributed by atoms with Gasteiger partial charge in [-0.3, -0.25) is 9.89 Å². The molecule has 0 unspecified atom stereocenters. The fourth-order valence-corrected chi connectivity index (χ4v) is 2.69. The Bertz CT molecular complexity index is 761. The Labute approximate surface area is 120 Å². The monoisotopic (exact) mass is 286 g/mol. The number of fused-ring (bicyclic) bond motifs is 1. The number of carbonyl (C=O) groups excluding carboxylic acids is 1. The van der Waals surface area contributed by atoms with E-state index in [1.807, 2.05) is 30.5 Å². The minimum Gasteiger partial charge on any atom is -0.336 e. The highest BCUT2D eigenvalue weighted by molar-refractivity contribution is 7.09. The molecule has 1 amide bonds. The van der Waals surface area contributed by atoms with E-state index in [4.69, 9.17) is 0 Å². The summed E-state index contributed by atoms with van der Waals surface area (Å²) in [6, 6.07) is 5.54. The number of hydrogen-bond donors (Lipinski definition) is 1. The predicted molar refractivity (Wildman–Crippen MR) is 78.7 cm³/mol. The number of benzene rings is 1. The van der Waals surface area contributed by atoms with Gasteiger partial charge in [-0.2, -0.15) is 5.10 Å². The molecule has 5 nitrogen and oxygen atoms in total. The number of rotatable bonds is 3. The van der Waals surface area contributed by atoms with Crippen LogP contribution in [0.15, 0.2) is 29.8 Å². The van der Waals surface area contributed by atoms with Crippen molar-refractivity contribution in [3.8, 4) is 0 Å². The Morgan fingerprint density at radius 3 is 3.05 bits per heavy atom. The van der Waals surface area contributed by atoms with Crippen molar-refractivity contribution in [1.82, 2.24) is 20.1 Å². The van der Waals surface area contributed by atoms with Crippen LogP contribution in [-0.4, -0.2) is 33.0 Å². The van der Waals surface area contributed by atoms with Gasteiger partial charge in [0.15, 0.2) is 0 Å². The van der Waals surface area contributed by atoms with Gasteiger partial charge >= 0.3 is 0 Å². The number of hydrogen-bond acceptors (Lipinski definition) is 4. The molecule has 0 bridgehead atoms. The first-order valence-electron chi connectivity index (χ1n) is 6.23. The smallest absolute Gasteiger partial charge is 0.254 e. The third-order valence-electron chi connectivity index (χ3n) is 3.10. The molecule has 2 aromatic heterocycles. The molecule has 1 aromatic carbocycles. The zero-order valence-electron chi connectivity index (χ0n) is 11.3. The van der Waals surface area contributed by atoms with E-state index in [-0.39, 0.29) is 5.91 Å². The van der Waals surface area contributed by atoms with E-state index in [0.29, 0.717) is 12.1 Å². The standard InChI is InChI=1S/C14H14N4OS/c1-9-16-12(8-20-9)7-18(2)14(19)10-3-4-11-6-15-17-13(11)5-10/h3-6,8H,7H2,1-2H3,(H,15,17). The van der Waals surface area contributed by atoms with Gasteiger partial charge in [-0.25, -0.2) is 4.98 Å². The third-order valence-corrected chi connectivity index (χ3v) is 3.92. The zero-order valence-corrected chi connectivity index (χ0v) is 12.1. The summed E-state index contributed by atoms with van der Waals surface area (Å²) in [7, 11) is 1.79. The van der Waals surface area contributed by atoms with Gasteiger partial charge in [-0.1, -0.05) is 6.07 Å². The molecule has 0 saturated heterocycles. The highest BCUT2D eigenvalue weighted by Crippen LogP contribution is 2.16. The fourth-order valence-electron chi connectivity index (χ4n) is 2.09. The minimum atomic E-state index is -0.0212. The predicted octanol–water partition coefficient (Wildman–Crippen LogP) is 2.60. The minimum absolute atomic E-state index is 0.0212. The van der Waals surface area contributed by atoms with Crippen LogP contribution >= 0.6 is 11.3 Å². The number of amides is 1. The lowest BCUT2D eigenvalue weighted by atomic mass is 10.1. The molecule has 0 radical (unpaired) electrons. The Balaban J connectivity index is 1.80. The molecule has 0 aliphatic rings. The Morgan fingerprint density at radius 1 is 1.45 bits per heavy atom. The largest absolute Gasteiger partial charge is 0.336 e. The molecule has 0 atom stereocenters. The molecule has 102 valence electrons. The van der Waals surface area contributed by atoms with Crippen molar-refractivity contribution in [2.24, 2.45) is 0 Å². The van der Waals surface area contributed by atoms with Crippen LogP contribution in [0.25, 0.3) is 10.9 Å². The van der Waals surface area contributed by atoms with E-state index >= 15 is 0 Å². The lowest BCUT2D eigenvalue weighted by Crippen LogP contribution is -2.26. The van der Waals surface area contributed by atoms with Gasteiger partial charge in [0.2, 0.25) is 0 Å². The fraction of sp³-hybridized carbons (Fsp3) is 0.214. The molecular formula is C14H14N4OS. The zero-order chi connectivity index (χ0) is 14.1. The second kappa shape index (κ2) is 5.05. The van der Waals surface area contributed by atoms with Gasteiger partial charge in [-0.05, 0) is 19.1 Å². The average Bonchev–Trinajstić information content (AvgIpc) is 3.05. The summed E-state index contributed by atoms with van der Waals surface area (Å²) in [5.74, 6) is -0.0212. The van der Waals surface area contributed by atoms with Crippen LogP contribution in [0.2, 0.25) is 0 Å². The molecule has 3 aromatic rings. The molecule has 6 heteroatoms. The molecule has 0 spiro atoms. The van der Waals surface area contributed by atoms with Crippen LogP contribution in [-0.2, 0) is 6.54 Å². The third kappa shape index (κ3) is 2.42. The first-order chi connectivity index (χ1) is 9.63. The van der Waals surface area contributed by atoms with Crippen molar-refractivity contribution in [2.75, 3.05) is 7.05 Å². The lowest BCUT2D eigenvalue weighted by molar-refractivity contribution is 0.0783. The summed E-state index contributed by atoms with van der Waals surface area (Å²) in [6.45, 7) is 2.48. The van der Waals surface area contributed by atoms with Crippen molar-refractivity contribution < 1.29 is 4.79 Å². The summed E-state index contributed by atoms with van der Waals surface area (Å²) < 4.78 is 0. The van der Waals surface area contributed by atoms with Crippen molar-refractivity contribution in [3.63, 3.8) is 0 Å². The normalized spacial score (nSPS) is 10.9. The number of aromatic amines is 1. The van der Waals surface area contributed by atoms with E-state index in [2.05, 4.69) is 15.2 Å². The van der Waals surface area contributed by atoms with Crippen molar-refractivity contribution >= 4 is 28.1 Å². The van der Waals surface area contributed by atoms with Crippen LogP contribution in [0.3, 0.4) is 0 Å². The number of aromatic nitrogens is 3. The van der Waals surface area contributed by atoms with Gasteiger partial charge in [0, 0.05) is 23.4 Å². The van der Waals surface area contributed by atoms with Crippen molar-refractivity contribution in [3.05, 3.63) is 46.0 Å². The maximum absolute atomic E-state index is 12.4. The molecule has 20 heavy (non-hydrogen) atoms. The van der Waals surface area contributed by atoms with Gasteiger partial charge < -0.3 is 4.90 Å². The molecule has 0 fully saturated rings. The summed E-state index contributed by atoms with van der Waals surface area (Å²) >= 11 is 1.59. The average molecular weight is 286 g/mol. The molecule has 0 aliphatic carbocycles. The van der Waals surface area contributed by atoms with Crippen molar-refractivity contribution in [1.29, 1.82) is 0 Å². The second-order valence-electron chi connectivity index (χ2n) is 4.69. The first-order valence-corrected chi connectivity index (χ1v) is 7.11. The molecule has 0 saturated carbocycles. The van der Waals surface area contributed by atoms with E-state index in [1.165, 1.54) is 0 Å². The second-order valence-corrected chi connectivity index (χ2v) is 5.75. The molecule has 2 heterocycles. The maximum Gasteiger partial charge on any atom is 0.254 e. The van der Waals surface area contributed by atoms with E-state index < -0.39 is 0 Å². The molecule has 0 aliphatic heterocycles. The van der Waals surface area contributed by atoms with Crippen LogP contribution in [0, 0.1) is 6.92 Å². The van der Waals surface area contributed by atoms with Gasteiger partial charge in [-0.15, -0.1) is 11.3 Å². The Hall–Kier alpha value is -2.21. The number of thiazole rings is 1. The number of nitrogens with one attached hydrogen (secondary N) is 1. The summed E-state index contributed by atoms with van der Waals surface area (Å²) in [5.41, 5.74) is 2.44. The summed E-state index contributed by atoms with van der Waals surface area (Å²) in [4.78, 5) is 18.4. The van der Waals surface area contributed by atoms with Crippen LogP contribution in [0.1, 0.15) is 21.1 Å². The SMILES string of the molecule is Cc1nc(CN(C)C(=O)c2ccc3cn[nH]c3c2)cs1. The highest BCUT2D eigenvalue weighted by atomic mass is 32.1. The van der Waals surface area contributed by atoms with Crippen LogP contribution in [0.5, 0.6) is 0 Å².